The average molecular weight is 376 g/mol. The van der Waals surface area contributed by atoms with Crippen molar-refractivity contribution in [3.05, 3.63) is 28.5 Å². The molecule has 3 N–H and O–H groups in total. The lowest BCUT2D eigenvalue weighted by molar-refractivity contribution is -0.126. The molecule has 3 rings (SSSR count). The number of piperidine rings is 1. The van der Waals surface area contributed by atoms with Gasteiger partial charge in [0.05, 0.1) is 11.6 Å². The van der Waals surface area contributed by atoms with Crippen molar-refractivity contribution in [3.63, 3.8) is 0 Å². The maximum Gasteiger partial charge on any atom is 0.265 e. The van der Waals surface area contributed by atoms with E-state index in [0.29, 0.717) is 47.5 Å². The third kappa shape index (κ3) is 3.96. The van der Waals surface area contributed by atoms with Gasteiger partial charge in [0.25, 0.3) is 5.91 Å². The number of likely N-dealkylation sites (tertiary alicyclic amines) is 1. The molecular weight excluding hydrogens is 352 g/mol. The van der Waals surface area contributed by atoms with Crippen molar-refractivity contribution >= 4 is 23.2 Å². The third-order valence-corrected chi connectivity index (χ3v) is 5.62. The Hall–Kier alpha value is -2.19. The number of nitrogens with one attached hydrogen (secondary N) is 1. The maximum absolute atomic E-state index is 13.0. The molecule has 1 fully saturated rings. The number of amides is 2. The smallest absolute Gasteiger partial charge is 0.265 e. The van der Waals surface area contributed by atoms with E-state index in [1.54, 1.807) is 4.90 Å². The molecule has 1 atom stereocenters. The molecule has 0 radical (unpaired) electrons. The zero-order valence-electron chi connectivity index (χ0n) is 15.1. The van der Waals surface area contributed by atoms with Crippen LogP contribution in [0.2, 0.25) is 0 Å². The van der Waals surface area contributed by atoms with E-state index < -0.39 is 0 Å². The van der Waals surface area contributed by atoms with Crippen LogP contribution in [0.4, 0.5) is 0 Å². The van der Waals surface area contributed by atoms with Crippen molar-refractivity contribution in [2.75, 3.05) is 26.2 Å². The fraction of sp³-hybridized carbons (Fsp3) is 0.500. The van der Waals surface area contributed by atoms with Gasteiger partial charge in [0.15, 0.2) is 10.8 Å². The second-order valence-corrected chi connectivity index (χ2v) is 7.51. The first-order chi connectivity index (χ1) is 12.5. The van der Waals surface area contributed by atoms with Crippen molar-refractivity contribution < 1.29 is 14.0 Å². The van der Waals surface area contributed by atoms with Crippen LogP contribution in [0.5, 0.6) is 0 Å². The SMILES string of the molecule is Cc1ccc(-c2nc(C)c(C(=O)N3CCCC(C(=O)NCCN)C3)s2)o1. The van der Waals surface area contributed by atoms with Crippen LogP contribution in [-0.4, -0.2) is 47.9 Å². The topological polar surface area (TPSA) is 101 Å². The lowest BCUT2D eigenvalue weighted by Gasteiger charge is -2.31. The van der Waals surface area contributed by atoms with E-state index in [2.05, 4.69) is 10.3 Å². The van der Waals surface area contributed by atoms with Crippen LogP contribution in [0.25, 0.3) is 10.8 Å². The Balaban J connectivity index is 1.72. The van der Waals surface area contributed by atoms with E-state index in [0.717, 1.165) is 18.6 Å². The van der Waals surface area contributed by atoms with Crippen molar-refractivity contribution in [1.82, 2.24) is 15.2 Å². The van der Waals surface area contributed by atoms with Gasteiger partial charge >= 0.3 is 0 Å². The van der Waals surface area contributed by atoms with E-state index in [4.69, 9.17) is 10.2 Å². The van der Waals surface area contributed by atoms with Gasteiger partial charge in [-0.2, -0.15) is 0 Å². The minimum absolute atomic E-state index is 0.0271. The van der Waals surface area contributed by atoms with Crippen LogP contribution in [0.15, 0.2) is 16.5 Å². The van der Waals surface area contributed by atoms with Gasteiger partial charge in [-0.3, -0.25) is 9.59 Å². The van der Waals surface area contributed by atoms with Gasteiger partial charge in [-0.05, 0) is 38.8 Å². The molecule has 0 aromatic carbocycles. The summed E-state index contributed by atoms with van der Waals surface area (Å²) in [6.45, 7) is 5.67. The van der Waals surface area contributed by atoms with Crippen LogP contribution < -0.4 is 11.1 Å². The molecule has 1 aliphatic rings. The largest absolute Gasteiger partial charge is 0.459 e. The van der Waals surface area contributed by atoms with E-state index in [1.165, 1.54) is 11.3 Å². The first-order valence-electron chi connectivity index (χ1n) is 8.81. The average Bonchev–Trinajstić information content (AvgIpc) is 3.24. The molecule has 2 amide bonds. The molecule has 1 saturated heterocycles. The number of rotatable bonds is 5. The van der Waals surface area contributed by atoms with Crippen LogP contribution in [0.1, 0.15) is 34.0 Å². The highest BCUT2D eigenvalue weighted by Crippen LogP contribution is 2.31. The standard InChI is InChI=1S/C18H24N4O3S/c1-11-5-6-14(25-11)17-21-12(2)15(26-17)18(24)22-9-3-4-13(10-22)16(23)20-8-7-19/h5-6,13H,3-4,7-10,19H2,1-2H3,(H,20,23). The van der Waals surface area contributed by atoms with Gasteiger partial charge in [-0.1, -0.05) is 0 Å². The minimum Gasteiger partial charge on any atom is -0.459 e. The summed E-state index contributed by atoms with van der Waals surface area (Å²) in [7, 11) is 0. The van der Waals surface area contributed by atoms with Crippen LogP contribution in [0.3, 0.4) is 0 Å². The summed E-state index contributed by atoms with van der Waals surface area (Å²) in [5.41, 5.74) is 6.13. The van der Waals surface area contributed by atoms with Gasteiger partial charge in [0, 0.05) is 26.2 Å². The molecule has 140 valence electrons. The van der Waals surface area contributed by atoms with Gasteiger partial charge in [0.2, 0.25) is 5.91 Å². The summed E-state index contributed by atoms with van der Waals surface area (Å²) in [5.74, 6) is 1.21. The number of aryl methyl sites for hydroxylation is 2. The Morgan fingerprint density at radius 2 is 2.23 bits per heavy atom. The van der Waals surface area contributed by atoms with Gasteiger partial charge < -0.3 is 20.4 Å². The number of carbonyl (C=O) groups is 2. The number of nitrogens with two attached hydrogens (primary N) is 1. The zero-order valence-corrected chi connectivity index (χ0v) is 15.9. The maximum atomic E-state index is 13.0. The molecule has 7 nitrogen and oxygen atoms in total. The van der Waals surface area contributed by atoms with Crippen molar-refractivity contribution in [3.8, 4) is 10.8 Å². The molecule has 0 bridgehead atoms. The molecule has 0 aliphatic carbocycles. The number of thiazole rings is 1. The molecule has 0 saturated carbocycles. The number of aromatic nitrogens is 1. The fourth-order valence-electron chi connectivity index (χ4n) is 3.11. The molecule has 0 spiro atoms. The molecule has 8 heteroatoms. The Bertz CT molecular complexity index is 798. The Labute approximate surface area is 156 Å². The van der Waals surface area contributed by atoms with Crippen LogP contribution in [-0.2, 0) is 4.79 Å². The monoisotopic (exact) mass is 376 g/mol. The second-order valence-electron chi connectivity index (χ2n) is 6.51. The predicted octanol–water partition coefficient (Wildman–Crippen LogP) is 1.95. The number of hydrogen-bond acceptors (Lipinski definition) is 6. The highest BCUT2D eigenvalue weighted by Gasteiger charge is 2.30. The second kappa shape index (κ2) is 8.01. The molecular formula is C18H24N4O3S. The van der Waals surface area contributed by atoms with Crippen LogP contribution in [0, 0.1) is 19.8 Å². The van der Waals surface area contributed by atoms with Crippen molar-refractivity contribution in [2.24, 2.45) is 11.7 Å². The number of hydrogen-bond donors (Lipinski definition) is 2. The summed E-state index contributed by atoms with van der Waals surface area (Å²) in [6, 6.07) is 3.74. The molecule has 2 aromatic rings. The van der Waals surface area contributed by atoms with Crippen molar-refractivity contribution in [2.45, 2.75) is 26.7 Å². The van der Waals surface area contributed by atoms with Gasteiger partial charge in [0.1, 0.15) is 10.6 Å². The fourth-order valence-corrected chi connectivity index (χ4v) is 4.10. The third-order valence-electron chi connectivity index (χ3n) is 4.46. The Morgan fingerprint density at radius 1 is 1.42 bits per heavy atom. The predicted molar refractivity (Wildman–Crippen MR) is 100.0 cm³/mol. The molecule has 1 unspecified atom stereocenters. The van der Waals surface area contributed by atoms with Gasteiger partial charge in [-0.15, -0.1) is 11.3 Å². The summed E-state index contributed by atoms with van der Waals surface area (Å²) in [4.78, 5) is 32.0. The molecule has 2 aromatic heterocycles. The quantitative estimate of drug-likeness (QED) is 0.830. The summed E-state index contributed by atoms with van der Waals surface area (Å²) in [5, 5.41) is 3.52. The highest BCUT2D eigenvalue weighted by molar-refractivity contribution is 7.17. The lowest BCUT2D eigenvalue weighted by Crippen LogP contribution is -2.46. The normalized spacial score (nSPS) is 17.3. The lowest BCUT2D eigenvalue weighted by atomic mass is 9.97. The summed E-state index contributed by atoms with van der Waals surface area (Å²) >= 11 is 1.34. The highest BCUT2D eigenvalue weighted by atomic mass is 32.1. The minimum atomic E-state index is -0.181. The van der Waals surface area contributed by atoms with Crippen LogP contribution >= 0.6 is 11.3 Å². The molecule has 1 aliphatic heterocycles. The first kappa shape index (κ1) is 18.6. The Morgan fingerprint density at radius 3 is 2.92 bits per heavy atom. The number of carbonyl (C=O) groups excluding carboxylic acids is 2. The number of nitrogens with zero attached hydrogens (tertiary/aromatic N) is 2. The first-order valence-corrected chi connectivity index (χ1v) is 9.62. The van der Waals surface area contributed by atoms with Crippen molar-refractivity contribution in [1.29, 1.82) is 0 Å². The van der Waals surface area contributed by atoms with E-state index in [9.17, 15) is 9.59 Å². The summed E-state index contributed by atoms with van der Waals surface area (Å²) in [6.07, 6.45) is 1.60. The molecule has 3 heterocycles. The van der Waals surface area contributed by atoms with E-state index in [1.807, 2.05) is 26.0 Å². The van der Waals surface area contributed by atoms with Gasteiger partial charge in [-0.25, -0.2) is 4.98 Å². The van der Waals surface area contributed by atoms with E-state index in [-0.39, 0.29) is 17.7 Å². The Kier molecular flexibility index (Phi) is 5.73. The summed E-state index contributed by atoms with van der Waals surface area (Å²) < 4.78 is 5.61. The molecule has 26 heavy (non-hydrogen) atoms. The zero-order chi connectivity index (χ0) is 18.7. The van der Waals surface area contributed by atoms with E-state index >= 15 is 0 Å². The number of furan rings is 1.